The maximum Gasteiger partial charge on any atom is 0.157 e. The Morgan fingerprint density at radius 3 is 2.75 bits per heavy atom. The Bertz CT molecular complexity index is 623. The van der Waals surface area contributed by atoms with Crippen molar-refractivity contribution in [1.29, 1.82) is 0 Å². The molecule has 4 nitrogen and oxygen atoms in total. The fourth-order valence-corrected chi connectivity index (χ4v) is 2.66. The summed E-state index contributed by atoms with van der Waals surface area (Å²) in [7, 11) is 0. The number of aromatic hydroxyl groups is 2. The summed E-state index contributed by atoms with van der Waals surface area (Å²) in [5, 5.41) is 22.8. The second-order valence-electron chi connectivity index (χ2n) is 5.12. The van der Waals surface area contributed by atoms with Gasteiger partial charge in [-0.25, -0.2) is 0 Å². The summed E-state index contributed by atoms with van der Waals surface area (Å²) in [5.41, 5.74) is 4.19. The lowest BCUT2D eigenvalue weighted by Gasteiger charge is -2.27. The first-order chi connectivity index (χ1) is 9.69. The third-order valence-electron chi connectivity index (χ3n) is 3.84. The van der Waals surface area contributed by atoms with Gasteiger partial charge in [0.1, 0.15) is 0 Å². The van der Waals surface area contributed by atoms with Gasteiger partial charge in [-0.05, 0) is 47.7 Å². The summed E-state index contributed by atoms with van der Waals surface area (Å²) in [6.45, 7) is 2.94. The maximum atomic E-state index is 9.72. The third kappa shape index (κ3) is 2.23. The van der Waals surface area contributed by atoms with Gasteiger partial charge in [-0.15, -0.1) is 0 Å². The number of nitrogens with one attached hydrogen (secondary N) is 1. The molecule has 0 saturated carbocycles. The number of pyridine rings is 1. The van der Waals surface area contributed by atoms with Crippen LogP contribution in [0.1, 0.15) is 35.3 Å². The molecule has 104 valence electrons. The highest BCUT2D eigenvalue weighted by molar-refractivity contribution is 5.49. The number of aromatic nitrogens is 1. The number of aryl methyl sites for hydroxylation is 1. The van der Waals surface area contributed by atoms with E-state index in [0.717, 1.165) is 36.2 Å². The summed E-state index contributed by atoms with van der Waals surface area (Å²) >= 11 is 0. The smallest absolute Gasteiger partial charge is 0.157 e. The molecule has 1 aromatic heterocycles. The quantitative estimate of drug-likeness (QED) is 0.733. The monoisotopic (exact) mass is 270 g/mol. The highest BCUT2D eigenvalue weighted by atomic mass is 16.3. The molecule has 1 aromatic carbocycles. The van der Waals surface area contributed by atoms with E-state index in [2.05, 4.69) is 23.3 Å². The molecule has 2 heterocycles. The highest BCUT2D eigenvalue weighted by Gasteiger charge is 2.23. The van der Waals surface area contributed by atoms with Crippen molar-refractivity contribution in [2.24, 2.45) is 0 Å². The molecule has 4 heteroatoms. The number of nitrogens with zero attached hydrogens (tertiary/aromatic N) is 1. The van der Waals surface area contributed by atoms with Crippen LogP contribution in [0.15, 0.2) is 30.5 Å². The van der Waals surface area contributed by atoms with Crippen LogP contribution in [0, 0.1) is 0 Å². The topological polar surface area (TPSA) is 65.4 Å². The summed E-state index contributed by atoms with van der Waals surface area (Å²) in [6, 6.07) is 7.36. The predicted octanol–water partition coefficient (Wildman–Crippen LogP) is 2.29. The van der Waals surface area contributed by atoms with Crippen LogP contribution in [0.2, 0.25) is 0 Å². The van der Waals surface area contributed by atoms with Crippen molar-refractivity contribution >= 4 is 0 Å². The van der Waals surface area contributed by atoms with Gasteiger partial charge in [-0.1, -0.05) is 13.0 Å². The molecule has 0 amide bonds. The number of phenols is 2. The Balaban J connectivity index is 2.02. The number of rotatable bonds is 2. The van der Waals surface area contributed by atoms with Gasteiger partial charge in [0, 0.05) is 12.7 Å². The summed E-state index contributed by atoms with van der Waals surface area (Å²) in [5.74, 6) is -0.138. The Morgan fingerprint density at radius 2 is 2.05 bits per heavy atom. The number of hydrogen-bond acceptors (Lipinski definition) is 4. The number of hydrogen-bond donors (Lipinski definition) is 3. The highest BCUT2D eigenvalue weighted by Crippen LogP contribution is 2.35. The van der Waals surface area contributed by atoms with Crippen LogP contribution in [0.3, 0.4) is 0 Å². The lowest BCUT2D eigenvalue weighted by molar-refractivity contribution is 0.400. The molecule has 0 radical (unpaired) electrons. The number of fused-ring (bicyclic) bond motifs is 1. The molecule has 1 aliphatic heterocycles. The molecule has 1 aliphatic rings. The fraction of sp³-hybridized carbons (Fsp3) is 0.312. The molecular formula is C16H18N2O2. The molecule has 0 saturated heterocycles. The molecule has 3 N–H and O–H groups in total. The molecule has 0 bridgehead atoms. The van der Waals surface area contributed by atoms with Gasteiger partial charge in [-0.3, -0.25) is 4.98 Å². The standard InChI is InChI=1S/C16H18N2O2/c1-2-10-3-4-13(18-9-10)16-12-8-15(20)14(19)7-11(12)5-6-17-16/h3-4,7-9,16-17,19-20H,2,5-6H2,1H3. The zero-order chi connectivity index (χ0) is 14.1. The van der Waals surface area contributed by atoms with E-state index in [1.54, 1.807) is 12.1 Å². The first-order valence-electron chi connectivity index (χ1n) is 6.92. The van der Waals surface area contributed by atoms with E-state index >= 15 is 0 Å². The van der Waals surface area contributed by atoms with Crippen LogP contribution in [0.5, 0.6) is 11.5 Å². The number of benzene rings is 1. The van der Waals surface area contributed by atoms with Crippen LogP contribution in [0.4, 0.5) is 0 Å². The average molecular weight is 270 g/mol. The van der Waals surface area contributed by atoms with Crippen molar-refractivity contribution in [3.8, 4) is 11.5 Å². The van der Waals surface area contributed by atoms with Crippen molar-refractivity contribution in [3.05, 3.63) is 52.8 Å². The summed E-state index contributed by atoms with van der Waals surface area (Å²) in [6.07, 6.45) is 3.70. The SMILES string of the molecule is CCc1ccc(C2NCCc3cc(O)c(O)cc32)nc1. The first kappa shape index (κ1) is 12.9. The van der Waals surface area contributed by atoms with E-state index in [1.165, 1.54) is 5.56 Å². The molecule has 20 heavy (non-hydrogen) atoms. The van der Waals surface area contributed by atoms with E-state index in [4.69, 9.17) is 0 Å². The van der Waals surface area contributed by atoms with E-state index < -0.39 is 0 Å². The maximum absolute atomic E-state index is 9.72. The van der Waals surface area contributed by atoms with E-state index in [1.807, 2.05) is 12.3 Å². The van der Waals surface area contributed by atoms with E-state index in [9.17, 15) is 10.2 Å². The molecule has 2 aromatic rings. The Hall–Kier alpha value is -2.07. The fourth-order valence-electron chi connectivity index (χ4n) is 2.66. The average Bonchev–Trinajstić information content (AvgIpc) is 2.48. The largest absolute Gasteiger partial charge is 0.504 e. The molecule has 0 aliphatic carbocycles. The summed E-state index contributed by atoms with van der Waals surface area (Å²) in [4.78, 5) is 4.52. The van der Waals surface area contributed by atoms with Gasteiger partial charge in [0.25, 0.3) is 0 Å². The molecule has 1 atom stereocenters. The van der Waals surface area contributed by atoms with Crippen LogP contribution < -0.4 is 5.32 Å². The molecule has 0 fully saturated rings. The van der Waals surface area contributed by atoms with Crippen molar-refractivity contribution < 1.29 is 10.2 Å². The lowest BCUT2D eigenvalue weighted by Crippen LogP contribution is -2.31. The van der Waals surface area contributed by atoms with E-state index in [-0.39, 0.29) is 17.5 Å². The minimum Gasteiger partial charge on any atom is -0.504 e. The van der Waals surface area contributed by atoms with Gasteiger partial charge in [-0.2, -0.15) is 0 Å². The van der Waals surface area contributed by atoms with Crippen molar-refractivity contribution in [1.82, 2.24) is 10.3 Å². The zero-order valence-corrected chi connectivity index (χ0v) is 11.4. The zero-order valence-electron chi connectivity index (χ0n) is 11.4. The predicted molar refractivity (Wildman–Crippen MR) is 76.9 cm³/mol. The van der Waals surface area contributed by atoms with Gasteiger partial charge in [0.05, 0.1) is 11.7 Å². The van der Waals surface area contributed by atoms with Crippen molar-refractivity contribution in [2.75, 3.05) is 6.54 Å². The van der Waals surface area contributed by atoms with Crippen LogP contribution >= 0.6 is 0 Å². The summed E-state index contributed by atoms with van der Waals surface area (Å²) < 4.78 is 0. The van der Waals surface area contributed by atoms with Crippen molar-refractivity contribution in [3.63, 3.8) is 0 Å². The Labute approximate surface area is 118 Å². The Kier molecular flexibility index (Phi) is 3.32. The molecular weight excluding hydrogens is 252 g/mol. The first-order valence-corrected chi connectivity index (χ1v) is 6.92. The van der Waals surface area contributed by atoms with Crippen LogP contribution in [0.25, 0.3) is 0 Å². The number of phenolic OH excluding ortho intramolecular Hbond substituents is 2. The minimum absolute atomic E-state index is 0.0313. The van der Waals surface area contributed by atoms with Crippen molar-refractivity contribution in [2.45, 2.75) is 25.8 Å². The molecule has 0 spiro atoms. The lowest BCUT2D eigenvalue weighted by atomic mass is 9.91. The van der Waals surface area contributed by atoms with Crippen LogP contribution in [-0.4, -0.2) is 21.7 Å². The molecule has 3 rings (SSSR count). The minimum atomic E-state index is -0.0809. The van der Waals surface area contributed by atoms with Gasteiger partial charge >= 0.3 is 0 Å². The molecule has 1 unspecified atom stereocenters. The third-order valence-corrected chi connectivity index (χ3v) is 3.84. The van der Waals surface area contributed by atoms with Crippen LogP contribution in [-0.2, 0) is 12.8 Å². The Morgan fingerprint density at radius 1 is 1.25 bits per heavy atom. The second kappa shape index (κ2) is 5.13. The van der Waals surface area contributed by atoms with Gasteiger partial charge in [0.2, 0.25) is 0 Å². The van der Waals surface area contributed by atoms with Gasteiger partial charge in [0.15, 0.2) is 11.5 Å². The van der Waals surface area contributed by atoms with Gasteiger partial charge < -0.3 is 15.5 Å². The van der Waals surface area contributed by atoms with E-state index in [0.29, 0.717) is 0 Å². The normalized spacial score (nSPS) is 17.8. The second-order valence-corrected chi connectivity index (χ2v) is 5.12.